The molecule has 1 aliphatic heterocycles. The summed E-state index contributed by atoms with van der Waals surface area (Å²) in [5.41, 5.74) is 3.96. The van der Waals surface area contributed by atoms with Gasteiger partial charge in [0.1, 0.15) is 21.6 Å². The monoisotopic (exact) mass is 1870 g/mol. The van der Waals surface area contributed by atoms with E-state index in [4.69, 9.17) is 32.5 Å². The summed E-state index contributed by atoms with van der Waals surface area (Å²) < 4.78 is 17.0. The van der Waals surface area contributed by atoms with Crippen LogP contribution < -0.4 is 69.1 Å². The quantitative estimate of drug-likeness (QED) is 0.0467. The summed E-state index contributed by atoms with van der Waals surface area (Å²) in [5.74, 6) is 0. The van der Waals surface area contributed by atoms with Crippen molar-refractivity contribution in [1.82, 2.24) is 28.7 Å². The summed E-state index contributed by atoms with van der Waals surface area (Å²) in [5, 5.41) is 17.7. The first-order chi connectivity index (χ1) is 57.8. The smallest absolute Gasteiger partial charge is 0.399 e. The van der Waals surface area contributed by atoms with Gasteiger partial charge in [-0.3, -0.25) is 0 Å². The number of fused-ring (bicyclic) bond motifs is 2. The number of aromatic nitrogens is 6. The van der Waals surface area contributed by atoms with Crippen molar-refractivity contribution in [2.45, 2.75) is 38.9 Å². The Balaban J connectivity index is 0.000000128. The number of nitrogens with zero attached hydrogens (tertiary/aromatic N) is 6. The Hall–Kier alpha value is -10.0. The average Bonchev–Trinajstić information content (AvgIpc) is 1.61. The van der Waals surface area contributed by atoms with E-state index in [-0.39, 0.29) is 31.6 Å². The molecule has 18 aromatic rings. The molecule has 119 heavy (non-hydrogen) atoms. The average molecular weight is 1870 g/mol. The van der Waals surface area contributed by atoms with Gasteiger partial charge in [-0.05, 0) is 188 Å². The van der Waals surface area contributed by atoms with Crippen molar-refractivity contribution in [3.05, 3.63) is 476 Å². The van der Waals surface area contributed by atoms with Gasteiger partial charge in [-0.25, -0.2) is 19.9 Å². The molecule has 0 atom stereocenters. The molecule has 7 heterocycles. The van der Waals surface area contributed by atoms with Gasteiger partial charge in [0, 0.05) is 90.2 Å². The first-order valence-electron chi connectivity index (χ1n) is 38.7. The second-order valence-corrected chi connectivity index (χ2v) is 38.7. The molecule has 12 aromatic carbocycles. The third kappa shape index (κ3) is 24.8. The maximum Gasteiger partial charge on any atom is 0.498 e. The van der Waals surface area contributed by atoms with E-state index in [1.54, 1.807) is 24.8 Å². The summed E-state index contributed by atoms with van der Waals surface area (Å²) in [6.45, 7) is 8.04. The number of benzene rings is 12. The SMILES string of the molecule is CC1(C)OB(c2cccnc2Cl)OC1(C)C.Clc1ncccc1-c1ccc2nccn2c1.Ic1ccc2nccn2c1.[Pd].c1ccc(P(c2ccccc2)c2ccccc2)cc1.c1ccc(P(c2ccccc2)c2ccccc2)cc1.c1ccc(P(c2ccccc2)c2ccccc2)cc1.c1ccc(P(c2ccccc2)c2ccccc2)cc1. The molecular formula is C102H88BCl2IN6O2P4Pd. The summed E-state index contributed by atoms with van der Waals surface area (Å²) >= 11 is 14.3. The minimum Gasteiger partial charge on any atom is -0.399 e. The molecule has 1 saturated heterocycles. The fourth-order valence-corrected chi connectivity index (χ4v) is 23.0. The maximum absolute atomic E-state index is 6.05. The minimum atomic E-state index is -0.446. The summed E-state index contributed by atoms with van der Waals surface area (Å²) in [6, 6.07) is 145. The summed E-state index contributed by atoms with van der Waals surface area (Å²) in [6.07, 6.45) is 14.8. The van der Waals surface area contributed by atoms with E-state index in [0.717, 1.165) is 27.9 Å². The molecule has 0 bridgehead atoms. The molecule has 8 nitrogen and oxygen atoms in total. The molecule has 592 valence electrons. The Kier molecular flexibility index (Phi) is 33.7. The number of halogens is 3. The molecular weight excluding hydrogens is 1780 g/mol. The van der Waals surface area contributed by atoms with E-state index in [2.05, 4.69) is 407 Å². The molecule has 0 spiro atoms. The molecule has 17 heteroatoms. The van der Waals surface area contributed by atoms with Crippen LogP contribution in [0.4, 0.5) is 0 Å². The normalized spacial score (nSPS) is 12.1. The van der Waals surface area contributed by atoms with Crippen molar-refractivity contribution in [2.75, 3.05) is 0 Å². The van der Waals surface area contributed by atoms with E-state index in [1.165, 1.54) is 67.2 Å². The zero-order chi connectivity index (χ0) is 81.6. The van der Waals surface area contributed by atoms with Gasteiger partial charge in [-0.1, -0.05) is 393 Å². The fraction of sp³-hybridized carbons (Fsp3) is 0.0588. The number of hydrogen-bond donors (Lipinski definition) is 0. The van der Waals surface area contributed by atoms with Gasteiger partial charge >= 0.3 is 7.12 Å². The van der Waals surface area contributed by atoms with Gasteiger partial charge in [-0.2, -0.15) is 0 Å². The Morgan fingerprint density at radius 2 is 0.521 bits per heavy atom. The van der Waals surface area contributed by atoms with Crippen molar-refractivity contribution in [3.63, 3.8) is 0 Å². The first-order valence-corrected chi connectivity index (χ1v) is 45.9. The molecule has 0 amide bonds. The van der Waals surface area contributed by atoms with Crippen LogP contribution in [0.1, 0.15) is 27.7 Å². The van der Waals surface area contributed by atoms with Crippen LogP contribution in [0.25, 0.3) is 22.4 Å². The van der Waals surface area contributed by atoms with Crippen molar-refractivity contribution >= 4 is 165 Å². The van der Waals surface area contributed by atoms with E-state index < -0.39 is 38.8 Å². The van der Waals surface area contributed by atoms with Crippen LogP contribution in [0.3, 0.4) is 0 Å². The van der Waals surface area contributed by atoms with Crippen molar-refractivity contribution in [1.29, 1.82) is 0 Å². The van der Waals surface area contributed by atoms with Gasteiger partial charge in [0.15, 0.2) is 0 Å². The standard InChI is InChI=1S/4C18H15P.C12H8ClN3.C11H15BClNO2.C7H5IN2.Pd/c4*1-4-10-16(11-5-1)19(17-12-6-2-7-13-17)18-14-8-3-9-15-18;13-12-10(2-1-5-15-12)9-3-4-11-14-6-7-16(11)8-9;1-10(2)11(3,4)16-12(15-10)8-6-5-7-14-9(8)13;8-6-1-2-7-9-3-4-10(7)5-6;/h4*1-15H;1-8H;5-7H,1-4H3;1-5H;. The Labute approximate surface area is 742 Å². The van der Waals surface area contributed by atoms with Crippen LogP contribution in [0.5, 0.6) is 0 Å². The van der Waals surface area contributed by atoms with Gasteiger partial charge in [0.05, 0.1) is 11.2 Å². The molecule has 6 aromatic heterocycles. The van der Waals surface area contributed by atoms with E-state index in [1.807, 2.05) is 110 Å². The minimum absolute atomic E-state index is 0. The predicted octanol–water partition coefficient (Wildman–Crippen LogP) is 20.8. The van der Waals surface area contributed by atoms with Crippen LogP contribution in [0.15, 0.2) is 462 Å². The third-order valence-corrected chi connectivity index (χ3v) is 30.3. The van der Waals surface area contributed by atoms with Gasteiger partial charge in [0.2, 0.25) is 0 Å². The van der Waals surface area contributed by atoms with Crippen molar-refractivity contribution < 1.29 is 29.7 Å². The zero-order valence-electron chi connectivity index (χ0n) is 66.2. The number of pyridine rings is 4. The molecule has 1 fully saturated rings. The van der Waals surface area contributed by atoms with E-state index in [9.17, 15) is 0 Å². The third-order valence-electron chi connectivity index (χ3n) is 19.3. The number of hydrogen-bond acceptors (Lipinski definition) is 6. The largest absolute Gasteiger partial charge is 0.498 e. The molecule has 0 saturated carbocycles. The molecule has 0 N–H and O–H groups in total. The van der Waals surface area contributed by atoms with Crippen molar-refractivity contribution in [3.8, 4) is 11.1 Å². The number of rotatable bonds is 14. The topological polar surface area (TPSA) is 78.8 Å². The Bertz CT molecular complexity index is 5110. The predicted molar refractivity (Wildman–Crippen MR) is 517 cm³/mol. The maximum atomic E-state index is 6.05. The van der Waals surface area contributed by atoms with Gasteiger partial charge < -0.3 is 18.1 Å². The zero-order valence-corrected chi connectivity index (χ0v) is 75.0. The van der Waals surface area contributed by atoms with Gasteiger partial charge in [-0.15, -0.1) is 0 Å². The molecule has 0 unspecified atom stereocenters. The van der Waals surface area contributed by atoms with Crippen LogP contribution in [0, 0.1) is 3.57 Å². The van der Waals surface area contributed by atoms with Crippen LogP contribution in [-0.2, 0) is 29.7 Å². The Morgan fingerprint density at radius 1 is 0.277 bits per heavy atom. The second-order valence-electron chi connectivity index (χ2n) is 27.8. The molecule has 0 radical (unpaired) electrons. The Morgan fingerprint density at radius 3 is 0.782 bits per heavy atom. The number of imidazole rings is 2. The van der Waals surface area contributed by atoms with Gasteiger partial charge in [0.25, 0.3) is 0 Å². The second kappa shape index (κ2) is 45.4. The molecule has 0 aliphatic carbocycles. The van der Waals surface area contributed by atoms with Crippen LogP contribution >= 0.6 is 77.5 Å². The molecule has 1 aliphatic rings. The summed E-state index contributed by atoms with van der Waals surface area (Å²) in [4.78, 5) is 16.4. The first kappa shape index (κ1) is 88.3. The van der Waals surface area contributed by atoms with Crippen LogP contribution in [0.2, 0.25) is 10.3 Å². The van der Waals surface area contributed by atoms with E-state index >= 15 is 0 Å². The van der Waals surface area contributed by atoms with Crippen LogP contribution in [-0.4, -0.2) is 47.1 Å². The molecule has 19 rings (SSSR count). The van der Waals surface area contributed by atoms with E-state index in [0.29, 0.717) is 10.3 Å². The fourth-order valence-electron chi connectivity index (χ4n) is 12.8. The van der Waals surface area contributed by atoms with Crippen molar-refractivity contribution in [2.24, 2.45) is 0 Å². The summed E-state index contributed by atoms with van der Waals surface area (Å²) in [7, 11) is -2.22.